The van der Waals surface area contributed by atoms with Gasteiger partial charge in [-0.25, -0.2) is 13.2 Å². The van der Waals surface area contributed by atoms with Gasteiger partial charge in [-0.2, -0.15) is 4.31 Å². The number of halogens is 1. The third-order valence-corrected chi connectivity index (χ3v) is 6.45. The Bertz CT molecular complexity index is 691. The highest BCUT2D eigenvalue weighted by atomic mass is 35.5. The number of carbonyl (C=O) groups excluding carboxylic acids is 1. The molecule has 1 aromatic rings. The molecule has 1 heterocycles. The number of benzene rings is 1. The van der Waals surface area contributed by atoms with Crippen molar-refractivity contribution in [1.29, 1.82) is 0 Å². The van der Waals surface area contributed by atoms with E-state index in [0.717, 1.165) is 19.3 Å². The van der Waals surface area contributed by atoms with E-state index in [2.05, 4.69) is 0 Å². The van der Waals surface area contributed by atoms with Crippen LogP contribution in [0.4, 0.5) is 0 Å². The van der Waals surface area contributed by atoms with Crippen LogP contribution in [0, 0.1) is 6.92 Å². The zero-order valence-electron chi connectivity index (χ0n) is 14.2. The van der Waals surface area contributed by atoms with E-state index in [1.807, 2.05) is 6.92 Å². The van der Waals surface area contributed by atoms with E-state index in [1.54, 1.807) is 19.1 Å². The van der Waals surface area contributed by atoms with Crippen molar-refractivity contribution in [3.8, 4) is 0 Å². The molecule has 0 saturated carbocycles. The number of hydrogen-bond acceptors (Lipinski definition) is 5. The van der Waals surface area contributed by atoms with Crippen molar-refractivity contribution in [1.82, 2.24) is 4.31 Å². The van der Waals surface area contributed by atoms with Gasteiger partial charge in [-0.05, 0) is 44.4 Å². The minimum atomic E-state index is -3.71. The second-order valence-electron chi connectivity index (χ2n) is 5.96. The zero-order chi connectivity index (χ0) is 17.2. The molecule has 8 heteroatoms. The van der Waals surface area contributed by atoms with E-state index >= 15 is 0 Å². The lowest BCUT2D eigenvalue weighted by atomic mass is 10.00. The zero-order valence-corrected chi connectivity index (χ0v) is 15.8. The maximum Gasteiger partial charge on any atom is 0.338 e. The SMILES string of the molecule is COC(=O)c1cccc(S(=O)(=O)N2CCCCC2C(C)N)c1C.Cl. The van der Waals surface area contributed by atoms with Crippen LogP contribution in [0.2, 0.25) is 0 Å². The first kappa shape index (κ1) is 20.9. The molecule has 2 rings (SSSR count). The minimum Gasteiger partial charge on any atom is -0.465 e. The summed E-state index contributed by atoms with van der Waals surface area (Å²) < 4.78 is 32.4. The molecule has 0 aliphatic carbocycles. The van der Waals surface area contributed by atoms with Gasteiger partial charge in [-0.1, -0.05) is 12.5 Å². The van der Waals surface area contributed by atoms with Crippen molar-refractivity contribution in [2.45, 2.75) is 50.1 Å². The van der Waals surface area contributed by atoms with E-state index in [0.29, 0.717) is 12.1 Å². The number of sulfonamides is 1. The van der Waals surface area contributed by atoms with Gasteiger partial charge >= 0.3 is 5.97 Å². The lowest BCUT2D eigenvalue weighted by Gasteiger charge is -2.37. The van der Waals surface area contributed by atoms with Crippen molar-refractivity contribution in [2.24, 2.45) is 5.73 Å². The molecular formula is C16H25ClN2O4S. The molecule has 1 saturated heterocycles. The molecule has 0 spiro atoms. The molecule has 1 aliphatic rings. The Morgan fingerprint density at radius 1 is 1.38 bits per heavy atom. The van der Waals surface area contributed by atoms with E-state index in [9.17, 15) is 13.2 Å². The molecule has 1 aliphatic heterocycles. The van der Waals surface area contributed by atoms with Crippen molar-refractivity contribution in [3.05, 3.63) is 29.3 Å². The van der Waals surface area contributed by atoms with Crippen LogP contribution in [0.3, 0.4) is 0 Å². The average Bonchev–Trinajstić information content (AvgIpc) is 2.54. The van der Waals surface area contributed by atoms with Crippen LogP contribution in [-0.2, 0) is 14.8 Å². The quantitative estimate of drug-likeness (QED) is 0.812. The third-order valence-electron chi connectivity index (χ3n) is 4.38. The Balaban J connectivity index is 0.00000288. The number of rotatable bonds is 4. The first-order valence-electron chi connectivity index (χ1n) is 7.76. The second-order valence-corrected chi connectivity index (χ2v) is 7.82. The van der Waals surface area contributed by atoms with Crippen molar-refractivity contribution in [2.75, 3.05) is 13.7 Å². The highest BCUT2D eigenvalue weighted by molar-refractivity contribution is 7.89. The lowest BCUT2D eigenvalue weighted by molar-refractivity contribution is 0.0599. The van der Waals surface area contributed by atoms with Crippen LogP contribution >= 0.6 is 12.4 Å². The van der Waals surface area contributed by atoms with E-state index < -0.39 is 16.0 Å². The highest BCUT2D eigenvalue weighted by Gasteiger charge is 2.36. The molecule has 0 radical (unpaired) electrons. The van der Waals surface area contributed by atoms with E-state index in [4.69, 9.17) is 10.5 Å². The number of nitrogens with two attached hydrogens (primary N) is 1. The first-order chi connectivity index (χ1) is 10.8. The number of methoxy groups -OCH3 is 1. The van der Waals surface area contributed by atoms with Gasteiger partial charge in [0.2, 0.25) is 10.0 Å². The number of esters is 1. The lowest BCUT2D eigenvalue weighted by Crippen LogP contribution is -2.51. The van der Waals surface area contributed by atoms with Gasteiger partial charge in [0, 0.05) is 18.6 Å². The molecule has 1 fully saturated rings. The number of nitrogens with zero attached hydrogens (tertiary/aromatic N) is 1. The fraction of sp³-hybridized carbons (Fsp3) is 0.562. The van der Waals surface area contributed by atoms with Crippen LogP contribution in [-0.4, -0.2) is 44.4 Å². The summed E-state index contributed by atoms with van der Waals surface area (Å²) in [6.07, 6.45) is 2.55. The summed E-state index contributed by atoms with van der Waals surface area (Å²) in [7, 11) is -2.43. The molecule has 2 unspecified atom stereocenters. The number of hydrogen-bond donors (Lipinski definition) is 1. The summed E-state index contributed by atoms with van der Waals surface area (Å²) in [6.45, 7) is 3.91. The molecule has 0 bridgehead atoms. The topological polar surface area (TPSA) is 89.7 Å². The fourth-order valence-electron chi connectivity index (χ4n) is 3.11. The van der Waals surface area contributed by atoms with Gasteiger partial charge in [0.05, 0.1) is 17.6 Å². The van der Waals surface area contributed by atoms with Crippen molar-refractivity contribution < 1.29 is 17.9 Å². The van der Waals surface area contributed by atoms with E-state index in [-0.39, 0.29) is 34.9 Å². The Hall–Kier alpha value is -1.15. The Labute approximate surface area is 149 Å². The predicted octanol–water partition coefficient (Wildman–Crippen LogP) is 2.09. The number of carbonyl (C=O) groups is 1. The van der Waals surface area contributed by atoms with Crippen LogP contribution in [0.1, 0.15) is 42.1 Å². The minimum absolute atomic E-state index is 0. The van der Waals surface area contributed by atoms with Gasteiger partial charge in [-0.3, -0.25) is 0 Å². The van der Waals surface area contributed by atoms with Gasteiger partial charge in [-0.15, -0.1) is 12.4 Å². The average molecular weight is 377 g/mol. The summed E-state index contributed by atoms with van der Waals surface area (Å²) in [4.78, 5) is 12.0. The van der Waals surface area contributed by atoms with Crippen LogP contribution < -0.4 is 5.73 Å². The maximum atomic E-state index is 13.1. The Kier molecular flexibility index (Phi) is 7.22. The Morgan fingerprint density at radius 2 is 2.04 bits per heavy atom. The molecule has 2 N–H and O–H groups in total. The van der Waals surface area contributed by atoms with Crippen molar-refractivity contribution in [3.63, 3.8) is 0 Å². The van der Waals surface area contributed by atoms with Gasteiger partial charge in [0.25, 0.3) is 0 Å². The summed E-state index contributed by atoms with van der Waals surface area (Å²) >= 11 is 0. The molecular weight excluding hydrogens is 352 g/mol. The summed E-state index contributed by atoms with van der Waals surface area (Å²) in [5, 5.41) is 0. The van der Waals surface area contributed by atoms with Crippen LogP contribution in [0.15, 0.2) is 23.1 Å². The van der Waals surface area contributed by atoms with Crippen LogP contribution in [0.5, 0.6) is 0 Å². The van der Waals surface area contributed by atoms with Gasteiger partial charge in [0.15, 0.2) is 0 Å². The second kappa shape index (κ2) is 8.29. The molecule has 136 valence electrons. The van der Waals surface area contributed by atoms with Gasteiger partial charge in [0.1, 0.15) is 0 Å². The molecule has 0 aromatic heterocycles. The summed E-state index contributed by atoms with van der Waals surface area (Å²) in [5.74, 6) is -0.540. The molecule has 2 atom stereocenters. The largest absolute Gasteiger partial charge is 0.465 e. The fourth-order valence-corrected chi connectivity index (χ4v) is 5.13. The Morgan fingerprint density at radius 3 is 2.62 bits per heavy atom. The summed E-state index contributed by atoms with van der Waals surface area (Å²) in [5.41, 5.74) is 6.67. The molecule has 1 aromatic carbocycles. The monoisotopic (exact) mass is 376 g/mol. The standard InChI is InChI=1S/C16H24N2O4S.ClH/c1-11-13(16(19)22-3)7-6-9-15(11)23(20,21)18-10-5-4-8-14(18)12(2)17;/h6-7,9,12,14H,4-5,8,10,17H2,1-3H3;1H. The van der Waals surface area contributed by atoms with E-state index in [1.165, 1.54) is 17.5 Å². The highest BCUT2D eigenvalue weighted by Crippen LogP contribution is 2.29. The van der Waals surface area contributed by atoms with Gasteiger partial charge < -0.3 is 10.5 Å². The molecule has 24 heavy (non-hydrogen) atoms. The third kappa shape index (κ3) is 3.91. The number of piperidine rings is 1. The molecule has 6 nitrogen and oxygen atoms in total. The number of ether oxygens (including phenoxy) is 1. The first-order valence-corrected chi connectivity index (χ1v) is 9.20. The molecule has 0 amide bonds. The van der Waals surface area contributed by atoms with Crippen LogP contribution in [0.25, 0.3) is 0 Å². The normalized spacial score (nSPS) is 20.1. The maximum absolute atomic E-state index is 13.1. The van der Waals surface area contributed by atoms with Crippen molar-refractivity contribution >= 4 is 28.4 Å². The predicted molar refractivity (Wildman–Crippen MR) is 94.9 cm³/mol. The smallest absolute Gasteiger partial charge is 0.338 e. The summed E-state index contributed by atoms with van der Waals surface area (Å²) in [6, 6.07) is 4.21.